The highest BCUT2D eigenvalue weighted by molar-refractivity contribution is 5.86. The number of aliphatic hydroxyl groups excluding tert-OH is 1. The number of benzene rings is 2. The third-order valence-electron chi connectivity index (χ3n) is 3.93. The number of nitrogens with two attached hydrogens (primary N) is 1. The number of aliphatic hydroxyl groups is 1. The Morgan fingerprint density at radius 1 is 1.14 bits per heavy atom. The molecule has 0 amide bonds. The lowest BCUT2D eigenvalue weighted by Gasteiger charge is -2.15. The Kier molecular flexibility index (Phi) is 6.91. The molecule has 2 aromatic rings. The van der Waals surface area contributed by atoms with Gasteiger partial charge in [0.2, 0.25) is 0 Å². The van der Waals surface area contributed by atoms with Crippen LogP contribution in [-0.2, 0) is 6.54 Å². The molecule has 1 aliphatic rings. The van der Waals surface area contributed by atoms with Gasteiger partial charge in [-0.15, -0.1) is 24.8 Å². The molecule has 22 heavy (non-hydrogen) atoms. The second-order valence-electron chi connectivity index (χ2n) is 5.47. The van der Waals surface area contributed by atoms with Crippen LogP contribution < -0.4 is 10.5 Å². The zero-order chi connectivity index (χ0) is 14.1. The van der Waals surface area contributed by atoms with E-state index in [1.54, 1.807) is 7.11 Å². The minimum Gasteiger partial charge on any atom is -0.497 e. The maximum absolute atomic E-state index is 9.70. The molecule has 0 bridgehead atoms. The molecule has 1 aliphatic heterocycles. The van der Waals surface area contributed by atoms with Crippen molar-refractivity contribution in [2.75, 3.05) is 20.2 Å². The smallest absolute Gasteiger partial charge is 0.119 e. The number of hydrogen-bond donors (Lipinski definition) is 2. The molecule has 4 nitrogen and oxygen atoms in total. The highest BCUT2D eigenvalue weighted by Crippen LogP contribution is 2.23. The molecule has 0 aliphatic carbocycles. The van der Waals surface area contributed by atoms with Gasteiger partial charge in [-0.1, -0.05) is 18.2 Å². The highest BCUT2D eigenvalue weighted by atomic mass is 35.5. The molecule has 1 fully saturated rings. The van der Waals surface area contributed by atoms with Gasteiger partial charge in [-0.25, -0.2) is 0 Å². The number of ether oxygens (including phenoxy) is 1. The molecular weight excluding hydrogens is 323 g/mol. The van der Waals surface area contributed by atoms with Gasteiger partial charge in [-0.2, -0.15) is 0 Å². The van der Waals surface area contributed by atoms with Crippen molar-refractivity contribution in [2.45, 2.75) is 18.7 Å². The summed E-state index contributed by atoms with van der Waals surface area (Å²) < 4.78 is 5.23. The Balaban J connectivity index is 0.00000121. The number of methoxy groups -OCH3 is 1. The van der Waals surface area contributed by atoms with Gasteiger partial charge in [0, 0.05) is 25.7 Å². The summed E-state index contributed by atoms with van der Waals surface area (Å²) in [5.74, 6) is 0.874. The van der Waals surface area contributed by atoms with E-state index in [2.05, 4.69) is 29.2 Å². The van der Waals surface area contributed by atoms with Crippen LogP contribution in [0.2, 0.25) is 0 Å². The highest BCUT2D eigenvalue weighted by Gasteiger charge is 2.27. The van der Waals surface area contributed by atoms with Gasteiger partial charge in [-0.3, -0.25) is 4.90 Å². The van der Waals surface area contributed by atoms with Gasteiger partial charge in [0.05, 0.1) is 13.2 Å². The topological polar surface area (TPSA) is 58.7 Å². The number of halogens is 2. The fraction of sp³-hybridized carbons (Fsp3) is 0.375. The van der Waals surface area contributed by atoms with Crippen LogP contribution >= 0.6 is 24.8 Å². The second kappa shape index (κ2) is 7.99. The molecule has 0 radical (unpaired) electrons. The molecule has 0 spiro atoms. The van der Waals surface area contributed by atoms with Crippen molar-refractivity contribution in [1.29, 1.82) is 0 Å². The Bertz CT molecular complexity index is 614. The number of likely N-dealkylation sites (tertiary alicyclic amines) is 1. The summed E-state index contributed by atoms with van der Waals surface area (Å²) in [6, 6.07) is 12.4. The standard InChI is InChI=1S/C16H20N2O2.2ClH/c1-20-14-5-4-12-6-11(2-3-13(12)7-14)8-18-9-15(17)16(19)10-18;;/h2-7,15-16,19H,8-10,17H2,1H3;2*1H/t15-,16-;;/m1../s1. The van der Waals surface area contributed by atoms with Crippen LogP contribution in [0.15, 0.2) is 36.4 Å². The number of rotatable bonds is 3. The van der Waals surface area contributed by atoms with Crippen molar-refractivity contribution >= 4 is 35.6 Å². The Morgan fingerprint density at radius 3 is 2.45 bits per heavy atom. The minimum atomic E-state index is -0.403. The van der Waals surface area contributed by atoms with Crippen LogP contribution in [-0.4, -0.2) is 42.4 Å². The van der Waals surface area contributed by atoms with Crippen LogP contribution in [0.25, 0.3) is 10.8 Å². The third kappa shape index (κ3) is 4.03. The summed E-state index contributed by atoms with van der Waals surface area (Å²) >= 11 is 0. The van der Waals surface area contributed by atoms with Crippen molar-refractivity contribution in [2.24, 2.45) is 5.73 Å². The number of β-amino-alcohol motifs (C(OH)–C–C–N with tert-alkyl or cyclic N) is 1. The second-order valence-corrected chi connectivity index (χ2v) is 5.47. The van der Waals surface area contributed by atoms with Crippen molar-refractivity contribution in [3.8, 4) is 5.75 Å². The van der Waals surface area contributed by atoms with E-state index in [1.807, 2.05) is 12.1 Å². The summed E-state index contributed by atoms with van der Waals surface area (Å²) in [6.07, 6.45) is -0.403. The number of nitrogens with zero attached hydrogens (tertiary/aromatic N) is 1. The summed E-state index contributed by atoms with van der Waals surface area (Å²) in [7, 11) is 1.68. The fourth-order valence-electron chi connectivity index (χ4n) is 2.78. The largest absolute Gasteiger partial charge is 0.497 e. The van der Waals surface area contributed by atoms with Gasteiger partial charge in [0.25, 0.3) is 0 Å². The van der Waals surface area contributed by atoms with E-state index in [9.17, 15) is 5.11 Å². The van der Waals surface area contributed by atoms with Gasteiger partial charge >= 0.3 is 0 Å². The van der Waals surface area contributed by atoms with E-state index in [0.717, 1.165) is 18.8 Å². The van der Waals surface area contributed by atoms with Gasteiger partial charge in [0.1, 0.15) is 5.75 Å². The molecule has 3 rings (SSSR count). The maximum Gasteiger partial charge on any atom is 0.119 e. The van der Waals surface area contributed by atoms with Gasteiger partial charge < -0.3 is 15.6 Å². The average molecular weight is 345 g/mol. The van der Waals surface area contributed by atoms with E-state index in [0.29, 0.717) is 6.54 Å². The van der Waals surface area contributed by atoms with E-state index >= 15 is 0 Å². The molecule has 2 aromatic carbocycles. The minimum absolute atomic E-state index is 0. The van der Waals surface area contributed by atoms with Crippen molar-refractivity contribution in [3.63, 3.8) is 0 Å². The number of fused-ring (bicyclic) bond motifs is 1. The van der Waals surface area contributed by atoms with Crippen LogP contribution in [0.4, 0.5) is 0 Å². The lowest BCUT2D eigenvalue weighted by atomic mass is 10.1. The molecule has 122 valence electrons. The molecule has 1 heterocycles. The summed E-state index contributed by atoms with van der Waals surface area (Å²) in [5, 5.41) is 12.1. The predicted molar refractivity (Wildman–Crippen MR) is 94.3 cm³/mol. The van der Waals surface area contributed by atoms with Crippen molar-refractivity contribution < 1.29 is 9.84 Å². The molecule has 0 aromatic heterocycles. The Labute approximate surface area is 143 Å². The van der Waals surface area contributed by atoms with Gasteiger partial charge in [0.15, 0.2) is 0 Å². The molecule has 1 saturated heterocycles. The summed E-state index contributed by atoms with van der Waals surface area (Å²) in [6.45, 7) is 2.23. The van der Waals surface area contributed by atoms with Crippen LogP contribution in [0.5, 0.6) is 5.75 Å². The predicted octanol–water partition coefficient (Wildman–Crippen LogP) is 2.20. The third-order valence-corrected chi connectivity index (χ3v) is 3.93. The van der Waals surface area contributed by atoms with E-state index in [4.69, 9.17) is 10.5 Å². The Hall–Kier alpha value is -1.04. The first kappa shape index (κ1) is 19.0. The number of hydrogen-bond acceptors (Lipinski definition) is 4. The molecule has 6 heteroatoms. The van der Waals surface area contributed by atoms with Gasteiger partial charge in [-0.05, 0) is 34.5 Å². The molecular formula is C16H22Cl2N2O2. The molecule has 3 N–H and O–H groups in total. The first-order valence-electron chi connectivity index (χ1n) is 6.88. The SMILES string of the molecule is COc1ccc2cc(CN3C[C@@H](N)[C@H](O)C3)ccc2c1.Cl.Cl. The zero-order valence-corrected chi connectivity index (χ0v) is 14.1. The lowest BCUT2D eigenvalue weighted by molar-refractivity contribution is 0.164. The van der Waals surface area contributed by atoms with Crippen molar-refractivity contribution in [3.05, 3.63) is 42.0 Å². The quantitative estimate of drug-likeness (QED) is 0.895. The van der Waals surface area contributed by atoms with Crippen molar-refractivity contribution in [1.82, 2.24) is 4.90 Å². The van der Waals surface area contributed by atoms with Crippen LogP contribution in [0, 0.1) is 0 Å². The Morgan fingerprint density at radius 2 is 1.82 bits per heavy atom. The zero-order valence-electron chi connectivity index (χ0n) is 12.4. The van der Waals surface area contributed by atoms with E-state index in [-0.39, 0.29) is 30.9 Å². The first-order valence-corrected chi connectivity index (χ1v) is 6.88. The maximum atomic E-state index is 9.70. The average Bonchev–Trinajstić information content (AvgIpc) is 2.76. The lowest BCUT2D eigenvalue weighted by Crippen LogP contribution is -2.32. The molecule has 0 saturated carbocycles. The van der Waals surface area contributed by atoms with Crippen LogP contribution in [0.1, 0.15) is 5.56 Å². The summed E-state index contributed by atoms with van der Waals surface area (Å²) in [5.41, 5.74) is 7.08. The molecule has 2 atom stereocenters. The molecule has 0 unspecified atom stereocenters. The monoisotopic (exact) mass is 344 g/mol. The first-order chi connectivity index (χ1) is 9.65. The van der Waals surface area contributed by atoms with E-state index < -0.39 is 6.10 Å². The van der Waals surface area contributed by atoms with E-state index in [1.165, 1.54) is 16.3 Å². The normalized spacial score (nSPS) is 21.2. The van der Waals surface area contributed by atoms with Crippen LogP contribution in [0.3, 0.4) is 0 Å². The fourth-order valence-corrected chi connectivity index (χ4v) is 2.78. The summed E-state index contributed by atoms with van der Waals surface area (Å²) in [4.78, 5) is 2.19.